The van der Waals surface area contributed by atoms with Gasteiger partial charge in [-0.1, -0.05) is 0 Å². The van der Waals surface area contributed by atoms with Gasteiger partial charge in [0.1, 0.15) is 17.1 Å². The summed E-state index contributed by atoms with van der Waals surface area (Å²) in [7, 11) is 0. The normalized spacial score (nSPS) is 21.5. The van der Waals surface area contributed by atoms with E-state index >= 15 is 0 Å². The minimum Gasteiger partial charge on any atom is -0.507 e. The number of hydrogen-bond donors (Lipinski definition) is 2. The van der Waals surface area contributed by atoms with Gasteiger partial charge in [-0.25, -0.2) is 0 Å². The van der Waals surface area contributed by atoms with E-state index in [1.165, 1.54) is 13.0 Å². The molecule has 92 valence electrons. The molecular formula is C13H16O4. The van der Waals surface area contributed by atoms with E-state index in [4.69, 9.17) is 4.74 Å². The monoisotopic (exact) mass is 236 g/mol. The fourth-order valence-electron chi connectivity index (χ4n) is 1.96. The standard InChI is InChI=1S/C13H16O4/c1-7(14)9-4-8-5-12(16)13(2,3)17-11(8)6-10(9)15/h4,6,12,15-16H,5H2,1-3H3/t12-/m0/s1. The molecule has 0 aliphatic carbocycles. The van der Waals surface area contributed by atoms with Gasteiger partial charge in [-0.2, -0.15) is 0 Å². The minimum atomic E-state index is -0.683. The van der Waals surface area contributed by atoms with Gasteiger partial charge in [0.15, 0.2) is 5.78 Å². The van der Waals surface area contributed by atoms with Crippen molar-refractivity contribution < 1.29 is 19.7 Å². The Morgan fingerprint density at radius 1 is 1.47 bits per heavy atom. The Labute approximate surface area is 99.8 Å². The van der Waals surface area contributed by atoms with Crippen LogP contribution in [0, 0.1) is 0 Å². The Balaban J connectivity index is 2.49. The van der Waals surface area contributed by atoms with Gasteiger partial charge in [-0.05, 0) is 32.4 Å². The number of rotatable bonds is 1. The molecule has 0 radical (unpaired) electrons. The maximum Gasteiger partial charge on any atom is 0.163 e. The predicted octanol–water partition coefficient (Wildman–Crippen LogP) is 1.67. The Kier molecular flexibility index (Phi) is 2.62. The van der Waals surface area contributed by atoms with E-state index in [1.807, 2.05) is 0 Å². The first kappa shape index (κ1) is 11.9. The van der Waals surface area contributed by atoms with Crippen LogP contribution in [-0.4, -0.2) is 27.7 Å². The molecule has 0 bridgehead atoms. The molecule has 2 N–H and O–H groups in total. The number of carbonyl (C=O) groups is 1. The zero-order valence-electron chi connectivity index (χ0n) is 10.2. The summed E-state index contributed by atoms with van der Waals surface area (Å²) >= 11 is 0. The molecule has 17 heavy (non-hydrogen) atoms. The fourth-order valence-corrected chi connectivity index (χ4v) is 1.96. The SMILES string of the molecule is CC(=O)c1cc2c(cc1O)OC(C)(C)[C@@H](O)C2. The van der Waals surface area contributed by atoms with Crippen LogP contribution in [0.5, 0.6) is 11.5 Å². The molecule has 0 spiro atoms. The molecule has 1 atom stereocenters. The van der Waals surface area contributed by atoms with Gasteiger partial charge in [0, 0.05) is 12.5 Å². The lowest BCUT2D eigenvalue weighted by molar-refractivity contribution is -0.0412. The molecule has 0 aromatic heterocycles. The predicted molar refractivity (Wildman–Crippen MR) is 62.5 cm³/mol. The van der Waals surface area contributed by atoms with Crippen molar-refractivity contribution in [2.45, 2.75) is 38.9 Å². The Hall–Kier alpha value is -1.55. The molecule has 0 amide bonds. The lowest BCUT2D eigenvalue weighted by Crippen LogP contribution is -2.46. The molecule has 0 saturated carbocycles. The Morgan fingerprint density at radius 2 is 2.12 bits per heavy atom. The molecule has 4 heteroatoms. The van der Waals surface area contributed by atoms with E-state index in [2.05, 4.69) is 0 Å². The average Bonchev–Trinajstić information content (AvgIpc) is 2.19. The van der Waals surface area contributed by atoms with Crippen LogP contribution >= 0.6 is 0 Å². The molecule has 1 aliphatic heterocycles. The van der Waals surface area contributed by atoms with Gasteiger partial charge in [0.2, 0.25) is 0 Å². The molecule has 1 aromatic carbocycles. The van der Waals surface area contributed by atoms with Gasteiger partial charge >= 0.3 is 0 Å². The third-order valence-electron chi connectivity index (χ3n) is 3.15. The van der Waals surface area contributed by atoms with Gasteiger partial charge in [-0.3, -0.25) is 4.79 Å². The van der Waals surface area contributed by atoms with Crippen LogP contribution in [0.3, 0.4) is 0 Å². The average molecular weight is 236 g/mol. The van der Waals surface area contributed by atoms with Crippen LogP contribution in [0.15, 0.2) is 12.1 Å². The number of phenols is 1. The van der Waals surface area contributed by atoms with E-state index < -0.39 is 11.7 Å². The maximum atomic E-state index is 11.3. The highest BCUT2D eigenvalue weighted by Crippen LogP contribution is 2.37. The van der Waals surface area contributed by atoms with Crippen molar-refractivity contribution in [1.29, 1.82) is 0 Å². The number of fused-ring (bicyclic) bond motifs is 1. The molecule has 1 aliphatic rings. The molecule has 0 saturated heterocycles. The van der Waals surface area contributed by atoms with Crippen LogP contribution in [0.2, 0.25) is 0 Å². The molecule has 2 rings (SSSR count). The van der Waals surface area contributed by atoms with Crippen LogP contribution in [0.1, 0.15) is 36.7 Å². The zero-order valence-corrected chi connectivity index (χ0v) is 10.2. The Bertz CT molecular complexity index is 477. The highest BCUT2D eigenvalue weighted by molar-refractivity contribution is 5.97. The highest BCUT2D eigenvalue weighted by atomic mass is 16.5. The van der Waals surface area contributed by atoms with Crippen molar-refractivity contribution >= 4 is 5.78 Å². The quantitative estimate of drug-likeness (QED) is 0.728. The molecule has 4 nitrogen and oxygen atoms in total. The third kappa shape index (κ3) is 2.00. The zero-order chi connectivity index (χ0) is 12.8. The number of aliphatic hydroxyl groups is 1. The van der Waals surface area contributed by atoms with Gasteiger partial charge in [0.25, 0.3) is 0 Å². The number of aromatic hydroxyl groups is 1. The number of hydrogen-bond acceptors (Lipinski definition) is 4. The molecule has 0 unspecified atom stereocenters. The second-order valence-corrected chi connectivity index (χ2v) is 4.96. The summed E-state index contributed by atoms with van der Waals surface area (Å²) in [5, 5.41) is 19.6. The number of aliphatic hydroxyl groups excluding tert-OH is 1. The lowest BCUT2D eigenvalue weighted by atomic mass is 9.90. The summed E-state index contributed by atoms with van der Waals surface area (Å²) in [6.45, 7) is 4.97. The number of benzene rings is 1. The third-order valence-corrected chi connectivity index (χ3v) is 3.15. The first-order valence-corrected chi connectivity index (χ1v) is 5.55. The summed E-state index contributed by atoms with van der Waals surface area (Å²) < 4.78 is 5.63. The summed E-state index contributed by atoms with van der Waals surface area (Å²) in [5.74, 6) is 0.246. The number of carbonyl (C=O) groups excluding carboxylic acids is 1. The van der Waals surface area contributed by atoms with Gasteiger partial charge in [0.05, 0.1) is 11.7 Å². The first-order chi connectivity index (χ1) is 7.81. The van der Waals surface area contributed by atoms with Crippen molar-refractivity contribution in [2.75, 3.05) is 0 Å². The maximum absolute atomic E-state index is 11.3. The van der Waals surface area contributed by atoms with E-state index in [0.717, 1.165) is 5.56 Å². The van der Waals surface area contributed by atoms with Crippen LogP contribution in [0.25, 0.3) is 0 Å². The summed E-state index contributed by atoms with van der Waals surface area (Å²) in [5.41, 5.74) is 0.330. The summed E-state index contributed by atoms with van der Waals surface area (Å²) in [4.78, 5) is 11.3. The van der Waals surface area contributed by atoms with E-state index in [0.29, 0.717) is 12.2 Å². The molecular weight excluding hydrogens is 220 g/mol. The number of phenolic OH excluding ortho intramolecular Hbond substituents is 1. The molecule has 1 aromatic rings. The number of ketones is 1. The van der Waals surface area contributed by atoms with E-state index in [1.54, 1.807) is 19.9 Å². The van der Waals surface area contributed by atoms with Crippen LogP contribution in [-0.2, 0) is 6.42 Å². The first-order valence-electron chi connectivity index (χ1n) is 5.55. The van der Waals surface area contributed by atoms with Crippen molar-refractivity contribution in [3.63, 3.8) is 0 Å². The van der Waals surface area contributed by atoms with Crippen molar-refractivity contribution in [2.24, 2.45) is 0 Å². The number of Topliss-reactive ketones (excluding diaryl/α,β-unsaturated/α-hetero) is 1. The van der Waals surface area contributed by atoms with Gasteiger partial charge < -0.3 is 14.9 Å². The second kappa shape index (κ2) is 3.74. The van der Waals surface area contributed by atoms with Crippen molar-refractivity contribution in [1.82, 2.24) is 0 Å². The lowest BCUT2D eigenvalue weighted by Gasteiger charge is -2.37. The number of ether oxygens (including phenoxy) is 1. The largest absolute Gasteiger partial charge is 0.507 e. The Morgan fingerprint density at radius 3 is 2.71 bits per heavy atom. The fraction of sp³-hybridized carbons (Fsp3) is 0.462. The highest BCUT2D eigenvalue weighted by Gasteiger charge is 2.36. The smallest absolute Gasteiger partial charge is 0.163 e. The van der Waals surface area contributed by atoms with E-state index in [-0.39, 0.29) is 17.1 Å². The summed E-state index contributed by atoms with van der Waals surface area (Å²) in [6.07, 6.45) is -0.206. The molecule has 1 heterocycles. The summed E-state index contributed by atoms with van der Waals surface area (Å²) in [6, 6.07) is 3.03. The minimum absolute atomic E-state index is 0.0801. The van der Waals surface area contributed by atoms with E-state index in [9.17, 15) is 15.0 Å². The van der Waals surface area contributed by atoms with Gasteiger partial charge in [-0.15, -0.1) is 0 Å². The van der Waals surface area contributed by atoms with Crippen LogP contribution < -0.4 is 4.74 Å². The topological polar surface area (TPSA) is 66.8 Å². The van der Waals surface area contributed by atoms with Crippen molar-refractivity contribution in [3.8, 4) is 11.5 Å². The second-order valence-electron chi connectivity index (χ2n) is 4.96. The molecule has 0 fully saturated rings. The van der Waals surface area contributed by atoms with Crippen LogP contribution in [0.4, 0.5) is 0 Å². The van der Waals surface area contributed by atoms with Crippen molar-refractivity contribution in [3.05, 3.63) is 23.3 Å².